The molecule has 19 heavy (non-hydrogen) atoms. The van der Waals surface area contributed by atoms with Gasteiger partial charge in [-0.2, -0.15) is 0 Å². The smallest absolute Gasteiger partial charge is 0.269 e. The predicted octanol–water partition coefficient (Wildman–Crippen LogP) is 2.82. The number of hydrogen-bond donors (Lipinski definition) is 1. The average Bonchev–Trinajstić information content (AvgIpc) is 2.93. The number of aromatic nitrogens is 1. The molecule has 100 valence electrons. The number of non-ortho nitro benzene ring substituents is 1. The van der Waals surface area contributed by atoms with E-state index < -0.39 is 0 Å². The summed E-state index contributed by atoms with van der Waals surface area (Å²) < 4.78 is 5.01. The van der Waals surface area contributed by atoms with Gasteiger partial charge in [-0.3, -0.25) is 10.1 Å². The van der Waals surface area contributed by atoms with Crippen LogP contribution in [0.4, 0.5) is 5.69 Å². The second-order valence-corrected chi connectivity index (χ2v) is 4.17. The summed E-state index contributed by atoms with van der Waals surface area (Å²) in [5, 5.41) is 17.7. The molecule has 2 rings (SSSR count). The van der Waals surface area contributed by atoms with Gasteiger partial charge < -0.3 is 9.84 Å². The molecule has 0 saturated carbocycles. The molecule has 0 fully saturated rings. The van der Waals surface area contributed by atoms with Crippen molar-refractivity contribution < 1.29 is 9.45 Å². The Hall–Kier alpha value is -2.21. The Labute approximate surface area is 110 Å². The summed E-state index contributed by atoms with van der Waals surface area (Å²) in [6.45, 7) is 2.57. The number of nitro benzene ring substituents is 1. The van der Waals surface area contributed by atoms with E-state index in [4.69, 9.17) is 4.52 Å². The monoisotopic (exact) mass is 261 g/mol. The van der Waals surface area contributed by atoms with Crippen LogP contribution >= 0.6 is 0 Å². The number of rotatable bonds is 6. The molecular weight excluding hydrogens is 246 g/mol. The van der Waals surface area contributed by atoms with E-state index in [-0.39, 0.29) is 16.7 Å². The van der Waals surface area contributed by atoms with E-state index in [1.54, 1.807) is 24.4 Å². The highest BCUT2D eigenvalue weighted by atomic mass is 16.6. The largest absolute Gasteiger partial charge is 0.360 e. The third-order valence-corrected chi connectivity index (χ3v) is 2.91. The summed E-state index contributed by atoms with van der Waals surface area (Å²) in [6, 6.07) is 8.51. The first-order valence-corrected chi connectivity index (χ1v) is 6.08. The molecule has 1 unspecified atom stereocenters. The zero-order chi connectivity index (χ0) is 13.7. The number of nitro groups is 1. The normalized spacial score (nSPS) is 12.3. The molecule has 1 N–H and O–H groups in total. The first kappa shape index (κ1) is 13.2. The number of nitrogens with zero attached hydrogens (tertiary/aromatic N) is 2. The lowest BCUT2D eigenvalue weighted by Crippen LogP contribution is -2.20. The molecule has 0 saturated heterocycles. The Morgan fingerprint density at radius 2 is 2.32 bits per heavy atom. The number of hydrogen-bond acceptors (Lipinski definition) is 5. The molecule has 1 aromatic carbocycles. The molecular formula is C13H15N3O3. The summed E-state index contributed by atoms with van der Waals surface area (Å²) in [7, 11) is 0. The topological polar surface area (TPSA) is 81.2 Å². The fraction of sp³-hybridized carbons (Fsp3) is 0.308. The second kappa shape index (κ2) is 6.10. The number of benzene rings is 1. The molecule has 1 atom stereocenters. The lowest BCUT2D eigenvalue weighted by molar-refractivity contribution is -0.384. The summed E-state index contributed by atoms with van der Waals surface area (Å²) >= 11 is 0. The van der Waals surface area contributed by atoms with Crippen molar-refractivity contribution in [1.29, 1.82) is 0 Å². The Bertz CT molecular complexity index is 540. The quantitative estimate of drug-likeness (QED) is 0.638. The van der Waals surface area contributed by atoms with Crippen molar-refractivity contribution in [2.45, 2.75) is 25.9 Å². The van der Waals surface area contributed by atoms with Crippen LogP contribution in [-0.2, 0) is 6.54 Å². The Balaban J connectivity index is 2.08. The SMILES string of the molecule is CCC(NCc1ccno1)c1cccc([N+](=O)[O-])c1. The van der Waals surface area contributed by atoms with Crippen LogP contribution in [0.25, 0.3) is 0 Å². The van der Waals surface area contributed by atoms with E-state index in [0.717, 1.165) is 17.7 Å². The lowest BCUT2D eigenvalue weighted by Gasteiger charge is -2.16. The van der Waals surface area contributed by atoms with Gasteiger partial charge in [0.15, 0.2) is 0 Å². The van der Waals surface area contributed by atoms with Crippen LogP contribution in [0.2, 0.25) is 0 Å². The molecule has 0 aliphatic carbocycles. The van der Waals surface area contributed by atoms with E-state index in [9.17, 15) is 10.1 Å². The van der Waals surface area contributed by atoms with Crippen LogP contribution in [-0.4, -0.2) is 10.1 Å². The Morgan fingerprint density at radius 1 is 1.47 bits per heavy atom. The van der Waals surface area contributed by atoms with Gasteiger partial charge >= 0.3 is 0 Å². The summed E-state index contributed by atoms with van der Waals surface area (Å²) in [6.07, 6.45) is 2.42. The molecule has 0 radical (unpaired) electrons. The van der Waals surface area contributed by atoms with Gasteiger partial charge in [-0.25, -0.2) is 0 Å². The fourth-order valence-corrected chi connectivity index (χ4v) is 1.91. The van der Waals surface area contributed by atoms with E-state index in [2.05, 4.69) is 10.5 Å². The summed E-state index contributed by atoms with van der Waals surface area (Å²) in [4.78, 5) is 10.4. The zero-order valence-corrected chi connectivity index (χ0v) is 10.6. The van der Waals surface area contributed by atoms with Gasteiger partial charge in [-0.1, -0.05) is 24.2 Å². The van der Waals surface area contributed by atoms with Crippen molar-refractivity contribution in [2.75, 3.05) is 0 Å². The van der Waals surface area contributed by atoms with E-state index >= 15 is 0 Å². The maximum absolute atomic E-state index is 10.8. The highest BCUT2D eigenvalue weighted by Crippen LogP contribution is 2.21. The molecule has 0 bridgehead atoms. The molecule has 0 aliphatic heterocycles. The molecule has 0 spiro atoms. The second-order valence-electron chi connectivity index (χ2n) is 4.17. The molecule has 0 aliphatic rings. The minimum Gasteiger partial charge on any atom is -0.360 e. The van der Waals surface area contributed by atoms with Gasteiger partial charge in [-0.05, 0) is 12.0 Å². The summed E-state index contributed by atoms with van der Waals surface area (Å²) in [5.74, 6) is 0.740. The van der Waals surface area contributed by atoms with Gasteiger partial charge in [-0.15, -0.1) is 0 Å². The predicted molar refractivity (Wildman–Crippen MR) is 69.5 cm³/mol. The van der Waals surface area contributed by atoms with Crippen LogP contribution < -0.4 is 5.32 Å². The van der Waals surface area contributed by atoms with Crippen molar-refractivity contribution in [2.24, 2.45) is 0 Å². The molecule has 2 aromatic rings. The Kier molecular flexibility index (Phi) is 4.25. The number of nitrogens with one attached hydrogen (secondary N) is 1. The maximum atomic E-state index is 10.8. The van der Waals surface area contributed by atoms with E-state index in [1.807, 2.05) is 13.0 Å². The van der Waals surface area contributed by atoms with Gasteiger partial charge in [0.2, 0.25) is 0 Å². The van der Waals surface area contributed by atoms with Crippen molar-refractivity contribution in [3.8, 4) is 0 Å². The summed E-state index contributed by atoms with van der Waals surface area (Å²) in [5.41, 5.74) is 1.01. The van der Waals surface area contributed by atoms with Gasteiger partial charge in [0.25, 0.3) is 5.69 Å². The van der Waals surface area contributed by atoms with Crippen LogP contribution in [0.15, 0.2) is 41.1 Å². The van der Waals surface area contributed by atoms with Crippen LogP contribution in [0.1, 0.15) is 30.7 Å². The first-order valence-electron chi connectivity index (χ1n) is 6.08. The highest BCUT2D eigenvalue weighted by molar-refractivity contribution is 5.35. The van der Waals surface area contributed by atoms with E-state index in [1.165, 1.54) is 6.07 Å². The Morgan fingerprint density at radius 3 is 2.95 bits per heavy atom. The van der Waals surface area contributed by atoms with Crippen LogP contribution in [0.3, 0.4) is 0 Å². The fourth-order valence-electron chi connectivity index (χ4n) is 1.91. The highest BCUT2D eigenvalue weighted by Gasteiger charge is 2.13. The van der Waals surface area contributed by atoms with Crippen molar-refractivity contribution in [3.63, 3.8) is 0 Å². The van der Waals surface area contributed by atoms with Crippen molar-refractivity contribution in [3.05, 3.63) is 58.0 Å². The zero-order valence-electron chi connectivity index (χ0n) is 10.6. The first-order chi connectivity index (χ1) is 9.20. The minimum atomic E-state index is -0.382. The van der Waals surface area contributed by atoms with Crippen molar-refractivity contribution in [1.82, 2.24) is 10.5 Å². The van der Waals surface area contributed by atoms with Crippen LogP contribution in [0, 0.1) is 10.1 Å². The van der Waals surface area contributed by atoms with Gasteiger partial charge in [0.05, 0.1) is 17.7 Å². The molecule has 1 aromatic heterocycles. The van der Waals surface area contributed by atoms with E-state index in [0.29, 0.717) is 6.54 Å². The molecule has 0 amide bonds. The molecule has 1 heterocycles. The van der Waals surface area contributed by atoms with Crippen molar-refractivity contribution >= 4 is 5.69 Å². The maximum Gasteiger partial charge on any atom is 0.269 e. The third kappa shape index (κ3) is 3.38. The lowest BCUT2D eigenvalue weighted by atomic mass is 10.0. The average molecular weight is 261 g/mol. The minimum absolute atomic E-state index is 0.0463. The van der Waals surface area contributed by atoms with Gasteiger partial charge in [0.1, 0.15) is 5.76 Å². The third-order valence-electron chi connectivity index (χ3n) is 2.91. The standard InChI is InChI=1S/C13H15N3O3/c1-2-13(14-9-12-6-7-15-19-12)10-4-3-5-11(8-10)16(17)18/h3-8,13-14H,2,9H2,1H3. The molecule has 6 nitrogen and oxygen atoms in total. The molecule has 6 heteroatoms. The van der Waals surface area contributed by atoms with Gasteiger partial charge in [0, 0.05) is 24.2 Å². The van der Waals surface area contributed by atoms with Crippen LogP contribution in [0.5, 0.6) is 0 Å².